The summed E-state index contributed by atoms with van der Waals surface area (Å²) in [6, 6.07) is 19.6. The van der Waals surface area contributed by atoms with Crippen LogP contribution in [0, 0.1) is 31.6 Å². The van der Waals surface area contributed by atoms with Gasteiger partial charge in [-0.05, 0) is 70.3 Å². The number of allylic oxidation sites excluding steroid dienone is 2. The van der Waals surface area contributed by atoms with Crippen molar-refractivity contribution in [3.63, 3.8) is 0 Å². The van der Waals surface area contributed by atoms with Crippen LogP contribution in [0.5, 0.6) is 0 Å². The summed E-state index contributed by atoms with van der Waals surface area (Å²) in [5, 5.41) is 3.17. The maximum atomic E-state index is 12.9. The second-order valence-corrected chi connectivity index (χ2v) is 11.4. The molecule has 0 fully saturated rings. The average molecular weight is 554 g/mol. The van der Waals surface area contributed by atoms with Gasteiger partial charge in [0.25, 0.3) is 0 Å². The topological polar surface area (TPSA) is 103 Å². The molecule has 0 bridgehead atoms. The molecule has 3 aromatic rings. The first-order valence-corrected chi connectivity index (χ1v) is 14.4. The standard InChI is InChI=1S/C35H42N3O2.H3N/c1-7-24-18-38(19-26-10-8-9-11-29(26)31-17-30(24)31)20-27-16-25(13-12-21(27)2)33(23(4)35(39)40-6)28-14-15-32(37-5)34(36)22(28)3;/h8-17,23-24,33,37H,7,18-20,36H2,1-6H3;1H3/t23-,24-,33+;/m1./s1. The van der Waals surface area contributed by atoms with Crippen molar-refractivity contribution in [3.8, 4) is 0 Å². The van der Waals surface area contributed by atoms with E-state index in [4.69, 9.17) is 10.5 Å². The van der Waals surface area contributed by atoms with Crippen molar-refractivity contribution in [2.75, 3.05) is 31.8 Å². The number of nitrogens with two attached hydrogens (primary N) is 1. The molecule has 217 valence electrons. The Bertz CT molecular complexity index is 1450. The third-order valence-electron chi connectivity index (χ3n) is 9.00. The van der Waals surface area contributed by atoms with Crippen LogP contribution in [0.15, 0.2) is 60.7 Å². The lowest BCUT2D eigenvalue weighted by molar-refractivity contribution is -0.145. The molecule has 0 amide bonds. The number of rotatable bonds is 8. The van der Waals surface area contributed by atoms with E-state index < -0.39 is 0 Å². The van der Waals surface area contributed by atoms with Gasteiger partial charge in [-0.1, -0.05) is 74.9 Å². The molecule has 1 radical (unpaired) electrons. The summed E-state index contributed by atoms with van der Waals surface area (Å²) >= 11 is 0. The molecule has 0 spiro atoms. The summed E-state index contributed by atoms with van der Waals surface area (Å²) in [6.07, 6.45) is 3.52. The summed E-state index contributed by atoms with van der Waals surface area (Å²) in [5.41, 5.74) is 18.1. The van der Waals surface area contributed by atoms with Crippen molar-refractivity contribution in [1.29, 1.82) is 0 Å². The van der Waals surface area contributed by atoms with Gasteiger partial charge in [0.15, 0.2) is 0 Å². The number of hydrogen-bond donors (Lipinski definition) is 3. The molecule has 6 heteroatoms. The Labute approximate surface area is 245 Å². The van der Waals surface area contributed by atoms with Crippen LogP contribution in [0.1, 0.15) is 65.1 Å². The van der Waals surface area contributed by atoms with E-state index in [0.717, 1.165) is 48.4 Å². The van der Waals surface area contributed by atoms with Gasteiger partial charge in [0.2, 0.25) is 0 Å². The summed E-state index contributed by atoms with van der Waals surface area (Å²) < 4.78 is 5.23. The Balaban J connectivity index is 0.00000387. The minimum atomic E-state index is -0.368. The van der Waals surface area contributed by atoms with Crippen molar-refractivity contribution < 1.29 is 9.53 Å². The van der Waals surface area contributed by atoms with E-state index in [1.807, 2.05) is 27.0 Å². The maximum absolute atomic E-state index is 12.9. The molecule has 1 aliphatic heterocycles. The van der Waals surface area contributed by atoms with Gasteiger partial charge >= 0.3 is 5.97 Å². The molecule has 3 aromatic carbocycles. The molecule has 6 N–H and O–H groups in total. The average Bonchev–Trinajstić information content (AvgIpc) is 3.74. The van der Waals surface area contributed by atoms with E-state index in [1.165, 1.54) is 40.9 Å². The molecular formula is C35H45N4O2. The van der Waals surface area contributed by atoms with E-state index >= 15 is 0 Å². The highest BCUT2D eigenvalue weighted by molar-refractivity contribution is 5.95. The zero-order valence-corrected chi connectivity index (χ0v) is 25.4. The number of benzene rings is 3. The maximum Gasteiger partial charge on any atom is 0.309 e. The van der Waals surface area contributed by atoms with Crippen molar-refractivity contribution in [2.45, 2.75) is 53.1 Å². The minimum Gasteiger partial charge on any atom is -0.469 e. The molecule has 0 saturated carbocycles. The molecule has 1 heterocycles. The van der Waals surface area contributed by atoms with Crippen LogP contribution in [0.4, 0.5) is 11.4 Å². The lowest BCUT2D eigenvalue weighted by Crippen LogP contribution is -2.31. The largest absolute Gasteiger partial charge is 0.469 e. The Morgan fingerprint density at radius 1 is 1.15 bits per heavy atom. The number of nitrogens with one attached hydrogen (secondary N) is 1. The van der Waals surface area contributed by atoms with E-state index in [0.29, 0.717) is 11.6 Å². The Kier molecular flexibility index (Phi) is 9.25. The van der Waals surface area contributed by atoms with Crippen molar-refractivity contribution in [2.24, 2.45) is 11.8 Å². The molecule has 41 heavy (non-hydrogen) atoms. The highest BCUT2D eigenvalue weighted by Crippen LogP contribution is 2.49. The lowest BCUT2D eigenvalue weighted by Gasteiger charge is -2.31. The molecule has 0 aromatic heterocycles. The zero-order valence-electron chi connectivity index (χ0n) is 25.4. The lowest BCUT2D eigenvalue weighted by atomic mass is 9.78. The fourth-order valence-electron chi connectivity index (χ4n) is 6.45. The third kappa shape index (κ3) is 5.90. The van der Waals surface area contributed by atoms with E-state index in [-0.39, 0.29) is 24.0 Å². The highest BCUT2D eigenvalue weighted by atomic mass is 16.5. The van der Waals surface area contributed by atoms with E-state index in [1.54, 1.807) is 0 Å². The van der Waals surface area contributed by atoms with Crippen LogP contribution < -0.4 is 17.2 Å². The number of methoxy groups -OCH3 is 1. The number of ether oxygens (including phenoxy) is 1. The first-order valence-electron chi connectivity index (χ1n) is 14.4. The van der Waals surface area contributed by atoms with Gasteiger partial charge in [0.1, 0.15) is 0 Å². The van der Waals surface area contributed by atoms with Crippen LogP contribution in [0.2, 0.25) is 0 Å². The number of carbonyl (C=O) groups is 1. The Hall–Kier alpha value is -3.61. The molecular weight excluding hydrogens is 508 g/mol. The molecule has 1 aliphatic carbocycles. The predicted octanol–water partition coefficient (Wildman–Crippen LogP) is 7.04. The smallest absolute Gasteiger partial charge is 0.309 e. The SMILES string of the molecule is CC[C@@H]1CN(Cc2cc([C@@H](c3ccc(NC)c(N)c3C)[C@@H](C)C(=O)OC)ccc2C)Cc2ccccc2C2=C[C]21.N. The molecule has 0 unspecified atom stereocenters. The number of carbonyl (C=O) groups excluding carboxylic acids is 1. The van der Waals surface area contributed by atoms with Crippen LogP contribution in [-0.4, -0.2) is 31.6 Å². The fourth-order valence-corrected chi connectivity index (χ4v) is 6.45. The van der Waals surface area contributed by atoms with Gasteiger partial charge in [-0.25, -0.2) is 0 Å². The first kappa shape index (κ1) is 30.4. The minimum absolute atomic E-state index is 0. The number of fused-ring (bicyclic) bond motifs is 3. The van der Waals surface area contributed by atoms with E-state index in [2.05, 4.69) is 78.7 Å². The van der Waals surface area contributed by atoms with Gasteiger partial charge in [0, 0.05) is 38.5 Å². The van der Waals surface area contributed by atoms with Crippen molar-refractivity contribution >= 4 is 22.9 Å². The monoisotopic (exact) mass is 553 g/mol. The van der Waals surface area contributed by atoms with Crippen LogP contribution >= 0.6 is 0 Å². The van der Waals surface area contributed by atoms with Gasteiger partial charge in [-0.3, -0.25) is 9.69 Å². The molecule has 5 rings (SSSR count). The number of hydrogen-bond acceptors (Lipinski definition) is 6. The third-order valence-corrected chi connectivity index (χ3v) is 9.00. The Morgan fingerprint density at radius 2 is 1.90 bits per heavy atom. The fraction of sp³-hybridized carbons (Fsp3) is 0.371. The van der Waals surface area contributed by atoms with Gasteiger partial charge in [-0.2, -0.15) is 0 Å². The van der Waals surface area contributed by atoms with Gasteiger partial charge < -0.3 is 21.9 Å². The van der Waals surface area contributed by atoms with E-state index in [9.17, 15) is 4.79 Å². The highest BCUT2D eigenvalue weighted by Gasteiger charge is 2.37. The normalized spacial score (nSPS) is 18.0. The summed E-state index contributed by atoms with van der Waals surface area (Å²) in [4.78, 5) is 15.5. The van der Waals surface area contributed by atoms with Gasteiger partial charge in [0.05, 0.1) is 24.4 Å². The number of nitrogen functional groups attached to an aromatic ring is 1. The second-order valence-electron chi connectivity index (χ2n) is 11.4. The van der Waals surface area contributed by atoms with Crippen molar-refractivity contribution in [3.05, 3.63) is 106 Å². The molecule has 0 saturated heterocycles. The first-order chi connectivity index (χ1) is 19.3. The summed E-state index contributed by atoms with van der Waals surface area (Å²) in [5.74, 6) is 1.31. The second kappa shape index (κ2) is 12.5. The van der Waals surface area contributed by atoms with Crippen molar-refractivity contribution in [1.82, 2.24) is 11.1 Å². The summed E-state index contributed by atoms with van der Waals surface area (Å²) in [6.45, 7) is 11.3. The predicted molar refractivity (Wildman–Crippen MR) is 170 cm³/mol. The number of esters is 1. The number of aryl methyl sites for hydroxylation is 1. The molecule has 3 atom stereocenters. The molecule has 6 nitrogen and oxygen atoms in total. The van der Waals surface area contributed by atoms with Gasteiger partial charge in [-0.15, -0.1) is 0 Å². The molecule has 2 aliphatic rings. The number of anilines is 2. The quantitative estimate of drug-likeness (QED) is 0.204. The van der Waals surface area contributed by atoms with Crippen LogP contribution in [0.25, 0.3) is 5.57 Å². The zero-order chi connectivity index (χ0) is 28.6. The van der Waals surface area contributed by atoms with Crippen LogP contribution in [0.3, 0.4) is 0 Å². The number of nitrogens with zero attached hydrogens (tertiary/aromatic N) is 1. The summed E-state index contributed by atoms with van der Waals surface area (Å²) in [7, 11) is 3.33. The Morgan fingerprint density at radius 3 is 2.61 bits per heavy atom. The van der Waals surface area contributed by atoms with Crippen LogP contribution in [-0.2, 0) is 22.6 Å².